The molecule has 5 nitrogen and oxygen atoms in total. The minimum absolute atomic E-state index is 0.0200. The molecule has 1 aromatic rings. The predicted molar refractivity (Wildman–Crippen MR) is 83.1 cm³/mol. The Balaban J connectivity index is 1.86. The molecule has 0 aromatic heterocycles. The highest BCUT2D eigenvalue weighted by molar-refractivity contribution is 5.95. The van der Waals surface area contributed by atoms with Crippen molar-refractivity contribution in [3.05, 3.63) is 29.8 Å². The summed E-state index contributed by atoms with van der Waals surface area (Å²) in [5.41, 5.74) is -0.901. The number of hydrogen-bond acceptors (Lipinski definition) is 3. The van der Waals surface area contributed by atoms with Gasteiger partial charge in [-0.2, -0.15) is 0 Å². The summed E-state index contributed by atoms with van der Waals surface area (Å²) in [7, 11) is 0. The summed E-state index contributed by atoms with van der Waals surface area (Å²) in [6.45, 7) is 1.99. The minimum atomic E-state index is -3.08. The largest absolute Gasteiger partial charge is 0.494 e. The number of benzene rings is 1. The number of piperidine rings is 1. The summed E-state index contributed by atoms with van der Waals surface area (Å²) in [4.78, 5) is 25.9. The number of rotatable bonds is 3. The van der Waals surface area contributed by atoms with Crippen molar-refractivity contribution in [1.29, 1.82) is 0 Å². The van der Waals surface area contributed by atoms with Gasteiger partial charge in [0.15, 0.2) is 0 Å². The van der Waals surface area contributed by atoms with E-state index in [2.05, 4.69) is 5.32 Å². The first-order chi connectivity index (χ1) is 11.4. The van der Waals surface area contributed by atoms with E-state index in [0.717, 1.165) is 4.90 Å². The van der Waals surface area contributed by atoms with Gasteiger partial charge in [-0.05, 0) is 31.5 Å². The number of ether oxygens (including phenoxy) is 1. The molecule has 1 atom stereocenters. The van der Waals surface area contributed by atoms with Crippen molar-refractivity contribution in [2.45, 2.75) is 25.7 Å². The second kappa shape index (κ2) is 6.03. The maximum atomic E-state index is 14.2. The van der Waals surface area contributed by atoms with E-state index in [4.69, 9.17) is 4.74 Å². The van der Waals surface area contributed by atoms with E-state index in [1.54, 1.807) is 24.3 Å². The maximum absolute atomic E-state index is 14.2. The van der Waals surface area contributed by atoms with Gasteiger partial charge in [-0.1, -0.05) is 6.07 Å². The average molecular weight is 338 g/mol. The number of amides is 2. The van der Waals surface area contributed by atoms with E-state index >= 15 is 0 Å². The number of carbonyl (C=O) groups is 2. The zero-order valence-electron chi connectivity index (χ0n) is 13.5. The van der Waals surface area contributed by atoms with Crippen molar-refractivity contribution in [2.24, 2.45) is 5.41 Å². The molecule has 1 spiro atoms. The lowest BCUT2D eigenvalue weighted by molar-refractivity contribution is -0.144. The average Bonchev–Trinajstić information content (AvgIpc) is 2.85. The third-order valence-electron chi connectivity index (χ3n) is 4.56. The number of likely N-dealkylation sites (tertiary alicyclic amines) is 1. The Morgan fingerprint density at radius 3 is 2.83 bits per heavy atom. The Morgan fingerprint density at radius 2 is 2.17 bits per heavy atom. The van der Waals surface area contributed by atoms with Gasteiger partial charge in [0.1, 0.15) is 5.75 Å². The zero-order chi connectivity index (χ0) is 17.4. The SMILES string of the molecule is CCOc1cccc(C(=O)N2CC(F)(F)C[C@@]3(CCNC3=O)C2)c1. The Kier molecular flexibility index (Phi) is 4.19. The number of nitrogens with zero attached hydrogens (tertiary/aromatic N) is 1. The molecule has 0 unspecified atom stereocenters. The third-order valence-corrected chi connectivity index (χ3v) is 4.56. The molecule has 3 rings (SSSR count). The van der Waals surface area contributed by atoms with Crippen LogP contribution >= 0.6 is 0 Å². The van der Waals surface area contributed by atoms with Crippen LogP contribution in [0, 0.1) is 5.41 Å². The van der Waals surface area contributed by atoms with Gasteiger partial charge in [-0.25, -0.2) is 8.78 Å². The first-order valence-electron chi connectivity index (χ1n) is 8.03. The lowest BCUT2D eigenvalue weighted by Crippen LogP contribution is -2.56. The Labute approximate surface area is 139 Å². The molecular formula is C17H20F2N2O3. The molecule has 1 N–H and O–H groups in total. The smallest absolute Gasteiger partial charge is 0.266 e. The summed E-state index contributed by atoms with van der Waals surface area (Å²) < 4.78 is 33.8. The second-order valence-electron chi connectivity index (χ2n) is 6.44. The van der Waals surface area contributed by atoms with E-state index in [1.807, 2.05) is 6.92 Å². The summed E-state index contributed by atoms with van der Waals surface area (Å²) in [6, 6.07) is 6.47. The Morgan fingerprint density at radius 1 is 1.38 bits per heavy atom. The first kappa shape index (κ1) is 16.7. The van der Waals surface area contributed by atoms with Crippen LogP contribution in [-0.2, 0) is 4.79 Å². The molecule has 1 aromatic carbocycles. The monoisotopic (exact) mass is 338 g/mol. The van der Waals surface area contributed by atoms with E-state index in [-0.39, 0.29) is 18.0 Å². The maximum Gasteiger partial charge on any atom is 0.266 e. The van der Waals surface area contributed by atoms with E-state index < -0.39 is 30.2 Å². The molecule has 2 amide bonds. The topological polar surface area (TPSA) is 58.6 Å². The van der Waals surface area contributed by atoms with Gasteiger partial charge in [-0.3, -0.25) is 9.59 Å². The summed E-state index contributed by atoms with van der Waals surface area (Å²) in [5.74, 6) is -3.45. The molecule has 2 aliphatic rings. The minimum Gasteiger partial charge on any atom is -0.494 e. The second-order valence-corrected chi connectivity index (χ2v) is 6.44. The lowest BCUT2D eigenvalue weighted by Gasteiger charge is -2.42. The Hall–Kier alpha value is -2.18. The molecular weight excluding hydrogens is 318 g/mol. The highest BCUT2D eigenvalue weighted by Crippen LogP contribution is 2.43. The molecule has 0 aliphatic carbocycles. The van der Waals surface area contributed by atoms with Crippen molar-refractivity contribution in [2.75, 3.05) is 26.2 Å². The van der Waals surface area contributed by atoms with E-state index in [0.29, 0.717) is 25.3 Å². The number of hydrogen-bond donors (Lipinski definition) is 1. The number of carbonyl (C=O) groups excluding carboxylic acids is 2. The van der Waals surface area contributed by atoms with Crippen molar-refractivity contribution in [3.63, 3.8) is 0 Å². The van der Waals surface area contributed by atoms with Crippen molar-refractivity contribution < 1.29 is 23.1 Å². The molecule has 24 heavy (non-hydrogen) atoms. The fraction of sp³-hybridized carbons (Fsp3) is 0.529. The molecule has 7 heteroatoms. The molecule has 2 aliphatic heterocycles. The molecule has 0 bridgehead atoms. The standard InChI is InChI=1S/C17H20F2N2O3/c1-2-24-13-5-3-4-12(8-13)14(22)21-10-16(6-7-20-15(16)23)9-17(18,19)11-21/h3-5,8H,2,6-7,9-11H2,1H3,(H,20,23)/t16-/m0/s1. The van der Waals surface area contributed by atoms with E-state index in [9.17, 15) is 18.4 Å². The van der Waals surface area contributed by atoms with Crippen LogP contribution in [-0.4, -0.2) is 48.9 Å². The highest BCUT2D eigenvalue weighted by atomic mass is 19.3. The van der Waals surface area contributed by atoms with Gasteiger partial charge in [0.05, 0.1) is 18.6 Å². The summed E-state index contributed by atoms with van der Waals surface area (Å²) in [6.07, 6.45) is -0.182. The van der Waals surface area contributed by atoms with Crippen LogP contribution in [0.4, 0.5) is 8.78 Å². The number of alkyl halides is 2. The van der Waals surface area contributed by atoms with Crippen molar-refractivity contribution in [1.82, 2.24) is 10.2 Å². The third kappa shape index (κ3) is 3.07. The number of nitrogens with one attached hydrogen (secondary N) is 1. The van der Waals surface area contributed by atoms with Gasteiger partial charge in [0, 0.05) is 25.1 Å². The Bertz CT molecular complexity index is 665. The van der Waals surface area contributed by atoms with Gasteiger partial charge in [0.2, 0.25) is 5.91 Å². The molecule has 2 fully saturated rings. The first-order valence-corrected chi connectivity index (χ1v) is 8.03. The van der Waals surface area contributed by atoms with Crippen LogP contribution in [0.3, 0.4) is 0 Å². The molecule has 2 heterocycles. The van der Waals surface area contributed by atoms with Gasteiger partial charge < -0.3 is 15.0 Å². The fourth-order valence-electron chi connectivity index (χ4n) is 3.55. The summed E-state index contributed by atoms with van der Waals surface area (Å²) in [5, 5.41) is 2.61. The van der Waals surface area contributed by atoms with Crippen LogP contribution in [0.5, 0.6) is 5.75 Å². The van der Waals surface area contributed by atoms with Crippen molar-refractivity contribution in [3.8, 4) is 5.75 Å². The van der Waals surface area contributed by atoms with Gasteiger partial charge in [-0.15, -0.1) is 0 Å². The van der Waals surface area contributed by atoms with Crippen molar-refractivity contribution >= 4 is 11.8 Å². The number of halogens is 2. The summed E-state index contributed by atoms with van der Waals surface area (Å²) >= 11 is 0. The van der Waals surface area contributed by atoms with Gasteiger partial charge >= 0.3 is 0 Å². The van der Waals surface area contributed by atoms with Crippen LogP contribution in [0.1, 0.15) is 30.1 Å². The van der Waals surface area contributed by atoms with Crippen LogP contribution in [0.2, 0.25) is 0 Å². The quantitative estimate of drug-likeness (QED) is 0.918. The highest BCUT2D eigenvalue weighted by Gasteiger charge is 2.55. The molecule has 0 saturated carbocycles. The van der Waals surface area contributed by atoms with Crippen LogP contribution < -0.4 is 10.1 Å². The van der Waals surface area contributed by atoms with E-state index in [1.165, 1.54) is 0 Å². The predicted octanol–water partition coefficient (Wildman–Crippen LogP) is 2.07. The molecule has 0 radical (unpaired) electrons. The zero-order valence-corrected chi connectivity index (χ0v) is 13.5. The van der Waals surface area contributed by atoms with Gasteiger partial charge in [0.25, 0.3) is 11.8 Å². The fourth-order valence-corrected chi connectivity index (χ4v) is 3.55. The lowest BCUT2D eigenvalue weighted by atomic mass is 9.77. The molecule has 2 saturated heterocycles. The molecule has 130 valence electrons. The van der Waals surface area contributed by atoms with Crippen LogP contribution in [0.15, 0.2) is 24.3 Å². The van der Waals surface area contributed by atoms with Crippen LogP contribution in [0.25, 0.3) is 0 Å². The normalized spacial score (nSPS) is 25.6.